The summed E-state index contributed by atoms with van der Waals surface area (Å²) >= 11 is 1.60. The van der Waals surface area contributed by atoms with Crippen LogP contribution in [0.4, 0.5) is 13.2 Å². The van der Waals surface area contributed by atoms with E-state index in [9.17, 15) is 13.2 Å². The zero-order chi connectivity index (χ0) is 26.6. The number of hydrogen-bond acceptors (Lipinski definition) is 4. The van der Waals surface area contributed by atoms with Gasteiger partial charge in [0.15, 0.2) is 0 Å². The van der Waals surface area contributed by atoms with Crippen molar-refractivity contribution in [2.45, 2.75) is 82.8 Å². The third-order valence-electron chi connectivity index (χ3n) is 7.72. The predicted octanol–water partition coefficient (Wildman–Crippen LogP) is 7.29. The Labute approximate surface area is 224 Å². The Balaban J connectivity index is 1.63. The molecule has 1 aliphatic carbocycles. The summed E-state index contributed by atoms with van der Waals surface area (Å²) in [4.78, 5) is 3.47. The molecule has 37 heavy (non-hydrogen) atoms. The molecule has 2 heterocycles. The van der Waals surface area contributed by atoms with E-state index < -0.39 is 11.7 Å². The second kappa shape index (κ2) is 12.1. The minimum absolute atomic E-state index is 0.384. The Kier molecular flexibility index (Phi) is 9.36. The van der Waals surface area contributed by atoms with E-state index in [1.54, 1.807) is 11.9 Å². The number of aromatic nitrogens is 1. The van der Waals surface area contributed by atoms with Crippen LogP contribution >= 0.6 is 11.9 Å². The molecule has 8 heteroatoms. The van der Waals surface area contributed by atoms with Gasteiger partial charge in [0.25, 0.3) is 0 Å². The lowest BCUT2D eigenvalue weighted by Crippen LogP contribution is -2.39. The van der Waals surface area contributed by atoms with Crippen LogP contribution in [-0.2, 0) is 22.9 Å². The summed E-state index contributed by atoms with van der Waals surface area (Å²) in [6.45, 7) is 14.2. The number of halogens is 3. The minimum Gasteiger partial charge on any atom is -0.379 e. The first kappa shape index (κ1) is 28.5. The molecule has 0 spiro atoms. The van der Waals surface area contributed by atoms with E-state index >= 15 is 0 Å². The van der Waals surface area contributed by atoms with Crippen molar-refractivity contribution in [1.29, 1.82) is 0 Å². The van der Waals surface area contributed by atoms with Gasteiger partial charge < -0.3 is 9.30 Å². The third-order valence-corrected chi connectivity index (χ3v) is 8.71. The molecule has 1 saturated heterocycles. The summed E-state index contributed by atoms with van der Waals surface area (Å²) in [5.74, 6) is 0.568. The fraction of sp³-hybridized carbons (Fsp3) is 0.655. The summed E-state index contributed by atoms with van der Waals surface area (Å²) in [6.07, 6.45) is 1.75. The van der Waals surface area contributed by atoms with Gasteiger partial charge in [-0.25, -0.2) is 0 Å². The van der Waals surface area contributed by atoms with Crippen molar-refractivity contribution < 1.29 is 17.9 Å². The number of nitrogens with zero attached hydrogens (tertiary/aromatic N) is 2. The lowest BCUT2D eigenvalue weighted by Gasteiger charge is -2.26. The number of hydrogen-bond donors (Lipinski definition) is 1. The first-order valence-corrected chi connectivity index (χ1v) is 14.5. The molecule has 0 bridgehead atoms. The molecule has 4 nitrogen and oxygen atoms in total. The molecule has 2 aromatic rings. The Bertz CT molecular complexity index is 1000. The van der Waals surface area contributed by atoms with E-state index in [4.69, 9.17) is 4.74 Å². The molecule has 4 rings (SSSR count). The average Bonchev–Trinajstić information content (AvgIpc) is 3.17. The lowest BCUT2D eigenvalue weighted by molar-refractivity contribution is -0.137. The van der Waals surface area contributed by atoms with Gasteiger partial charge in [-0.1, -0.05) is 40.0 Å². The highest BCUT2D eigenvalue weighted by atomic mass is 32.2. The molecule has 1 aromatic carbocycles. The fourth-order valence-corrected chi connectivity index (χ4v) is 6.13. The summed E-state index contributed by atoms with van der Waals surface area (Å²) in [5.41, 5.74) is 2.41. The average molecular weight is 538 g/mol. The maximum Gasteiger partial charge on any atom is 0.416 e. The van der Waals surface area contributed by atoms with Gasteiger partial charge in [0.2, 0.25) is 0 Å². The van der Waals surface area contributed by atoms with Gasteiger partial charge in [-0.2, -0.15) is 13.2 Å². The summed E-state index contributed by atoms with van der Waals surface area (Å²) in [6, 6.07) is 6.70. The second-order valence-electron chi connectivity index (χ2n) is 11.6. The zero-order valence-electron chi connectivity index (χ0n) is 22.7. The van der Waals surface area contributed by atoms with Crippen molar-refractivity contribution in [3.63, 3.8) is 0 Å². The number of morpholine rings is 1. The van der Waals surface area contributed by atoms with Crippen LogP contribution in [0.1, 0.15) is 69.7 Å². The van der Waals surface area contributed by atoms with Crippen molar-refractivity contribution in [1.82, 2.24) is 14.2 Å². The molecule has 206 valence electrons. The van der Waals surface area contributed by atoms with Crippen LogP contribution in [0.15, 0.2) is 29.2 Å². The van der Waals surface area contributed by atoms with Gasteiger partial charge in [-0.15, -0.1) is 0 Å². The smallest absolute Gasteiger partial charge is 0.379 e. The molecule has 1 N–H and O–H groups in total. The van der Waals surface area contributed by atoms with Gasteiger partial charge in [0, 0.05) is 49.0 Å². The molecule has 2 aliphatic rings. The van der Waals surface area contributed by atoms with Gasteiger partial charge in [0.1, 0.15) is 0 Å². The molecule has 1 saturated carbocycles. The predicted molar refractivity (Wildman–Crippen MR) is 146 cm³/mol. The van der Waals surface area contributed by atoms with Gasteiger partial charge in [-0.05, 0) is 78.4 Å². The molecule has 0 amide bonds. The Morgan fingerprint density at radius 2 is 1.65 bits per heavy atom. The standard InChI is InChI=1S/C29H42F3N3OS/c1-21-27(37-33-10-11-34-12-14-36-15-13-34)19-26(35(21)20-22-8-6-5-7-9-22)23-16-24(28(2,3)4)18-25(17-23)29(30,31)32/h16-19,22,33H,5-15,20H2,1-4H3. The molecule has 2 fully saturated rings. The highest BCUT2D eigenvalue weighted by Crippen LogP contribution is 2.39. The summed E-state index contributed by atoms with van der Waals surface area (Å²) < 4.78 is 53.0. The molecule has 1 aliphatic heterocycles. The van der Waals surface area contributed by atoms with Crippen molar-refractivity contribution in [2.75, 3.05) is 39.4 Å². The van der Waals surface area contributed by atoms with E-state index in [-0.39, 0.29) is 5.41 Å². The Hall–Kier alpha value is -1.48. The number of benzene rings is 1. The quantitative estimate of drug-likeness (QED) is 0.283. The molecule has 0 unspecified atom stereocenters. The van der Waals surface area contributed by atoms with E-state index in [2.05, 4.69) is 27.2 Å². The monoisotopic (exact) mass is 537 g/mol. The van der Waals surface area contributed by atoms with Gasteiger partial charge >= 0.3 is 6.18 Å². The zero-order valence-corrected chi connectivity index (χ0v) is 23.5. The Morgan fingerprint density at radius 1 is 0.973 bits per heavy atom. The number of alkyl halides is 3. The van der Waals surface area contributed by atoms with E-state index in [0.717, 1.165) is 62.2 Å². The van der Waals surface area contributed by atoms with Crippen molar-refractivity contribution in [3.05, 3.63) is 41.1 Å². The summed E-state index contributed by atoms with van der Waals surface area (Å²) in [7, 11) is 0. The summed E-state index contributed by atoms with van der Waals surface area (Å²) in [5, 5.41) is 0. The van der Waals surface area contributed by atoms with E-state index in [1.165, 1.54) is 44.2 Å². The van der Waals surface area contributed by atoms with Crippen LogP contribution in [0.2, 0.25) is 0 Å². The SMILES string of the molecule is Cc1c(SNCCN2CCOCC2)cc(-c2cc(C(C)(C)C)cc(C(F)(F)F)c2)n1CC1CCCCC1. The van der Waals surface area contributed by atoms with Crippen LogP contribution < -0.4 is 4.72 Å². The molecular weight excluding hydrogens is 495 g/mol. The topological polar surface area (TPSA) is 29.4 Å². The van der Waals surface area contributed by atoms with Crippen LogP contribution in [0.3, 0.4) is 0 Å². The molecule has 0 radical (unpaired) electrons. The maximum absolute atomic E-state index is 13.9. The second-order valence-corrected chi connectivity index (χ2v) is 12.5. The molecule has 0 atom stereocenters. The lowest BCUT2D eigenvalue weighted by atomic mass is 9.84. The minimum atomic E-state index is -4.38. The van der Waals surface area contributed by atoms with Crippen molar-refractivity contribution >= 4 is 11.9 Å². The van der Waals surface area contributed by atoms with E-state index in [1.807, 2.05) is 26.8 Å². The Morgan fingerprint density at radius 3 is 2.30 bits per heavy atom. The third kappa shape index (κ3) is 7.55. The highest BCUT2D eigenvalue weighted by Gasteiger charge is 2.33. The number of ether oxygens (including phenoxy) is 1. The van der Waals surface area contributed by atoms with Crippen LogP contribution in [0.25, 0.3) is 11.3 Å². The first-order chi connectivity index (χ1) is 17.5. The number of nitrogens with one attached hydrogen (secondary N) is 1. The molecule has 1 aromatic heterocycles. The normalized spacial score (nSPS) is 18.5. The first-order valence-electron chi connectivity index (χ1n) is 13.7. The van der Waals surface area contributed by atoms with E-state index in [0.29, 0.717) is 17.0 Å². The number of rotatable bonds is 8. The van der Waals surface area contributed by atoms with Gasteiger partial charge in [-0.3, -0.25) is 9.62 Å². The molecular formula is C29H42F3N3OS. The largest absolute Gasteiger partial charge is 0.416 e. The van der Waals surface area contributed by atoms with Crippen LogP contribution in [0.5, 0.6) is 0 Å². The fourth-order valence-electron chi connectivity index (χ4n) is 5.36. The van der Waals surface area contributed by atoms with Crippen molar-refractivity contribution in [2.24, 2.45) is 5.92 Å². The van der Waals surface area contributed by atoms with Crippen LogP contribution in [0, 0.1) is 12.8 Å². The van der Waals surface area contributed by atoms with Crippen LogP contribution in [-0.4, -0.2) is 48.9 Å². The van der Waals surface area contributed by atoms with Crippen molar-refractivity contribution in [3.8, 4) is 11.3 Å². The van der Waals surface area contributed by atoms with Gasteiger partial charge in [0.05, 0.1) is 18.8 Å². The highest BCUT2D eigenvalue weighted by molar-refractivity contribution is 7.97. The maximum atomic E-state index is 13.9.